The minimum Gasteiger partial charge on any atom is -0.444 e. The van der Waals surface area contributed by atoms with Crippen LogP contribution in [0.15, 0.2) is 18.2 Å². The standard InChI is InChI=1S/C31H46BFN4O8/c1-5-10-25(32(42)43)34-27(38)24-15-21(44-30(41)36-16-20-13-9-14-23(33)22(20)18-36)17-37(24)28(39)26(19-11-7-6-8-12-19)35-29(40)45-31(2,3)4/h9,13-14,19,21,24-26,42-43H,5-8,10-12,15-18H2,1-4H3,(H,34,38)(H,35,40)/t21-,24+,25+,26+/m1/s1. The lowest BCUT2D eigenvalue weighted by atomic mass is 9.76. The number of alkyl carbamates (subject to hydrolysis) is 1. The second kappa shape index (κ2) is 14.8. The van der Waals surface area contributed by atoms with E-state index in [0.717, 1.165) is 19.3 Å². The minimum atomic E-state index is -1.81. The van der Waals surface area contributed by atoms with Crippen molar-refractivity contribution in [3.05, 3.63) is 35.1 Å². The molecule has 0 unspecified atom stereocenters. The van der Waals surface area contributed by atoms with Crippen LogP contribution in [0.5, 0.6) is 0 Å². The van der Waals surface area contributed by atoms with Gasteiger partial charge in [-0.3, -0.25) is 14.5 Å². The molecular formula is C31H46BFN4O8. The topological polar surface area (TPSA) is 158 Å². The van der Waals surface area contributed by atoms with Crippen LogP contribution in [0.25, 0.3) is 0 Å². The highest BCUT2D eigenvalue weighted by molar-refractivity contribution is 6.43. The van der Waals surface area contributed by atoms with Crippen molar-refractivity contribution in [1.29, 1.82) is 0 Å². The number of carbonyl (C=O) groups is 4. The molecule has 248 valence electrons. The third-order valence-corrected chi connectivity index (χ3v) is 8.65. The van der Waals surface area contributed by atoms with E-state index in [1.54, 1.807) is 32.9 Å². The molecule has 2 fully saturated rings. The first-order chi connectivity index (χ1) is 21.3. The summed E-state index contributed by atoms with van der Waals surface area (Å²) in [6.45, 7) is 7.09. The molecule has 4 atom stereocenters. The van der Waals surface area contributed by atoms with Gasteiger partial charge in [-0.25, -0.2) is 14.0 Å². The largest absolute Gasteiger partial charge is 0.475 e. The van der Waals surface area contributed by atoms with Gasteiger partial charge in [0.2, 0.25) is 11.8 Å². The highest BCUT2D eigenvalue weighted by Gasteiger charge is 2.46. The van der Waals surface area contributed by atoms with Gasteiger partial charge in [0.15, 0.2) is 0 Å². The van der Waals surface area contributed by atoms with Crippen LogP contribution in [0, 0.1) is 11.7 Å². The van der Waals surface area contributed by atoms with Crippen LogP contribution in [-0.4, -0.2) is 87.2 Å². The van der Waals surface area contributed by atoms with Gasteiger partial charge in [-0.1, -0.05) is 44.7 Å². The molecule has 2 aliphatic heterocycles. The quantitative estimate of drug-likeness (QED) is 0.303. The maximum atomic E-state index is 14.3. The monoisotopic (exact) mass is 632 g/mol. The molecule has 1 aromatic rings. The van der Waals surface area contributed by atoms with E-state index in [9.17, 15) is 33.6 Å². The van der Waals surface area contributed by atoms with Gasteiger partial charge in [0.25, 0.3) is 0 Å². The number of likely N-dealkylation sites (tertiary alicyclic amines) is 1. The van der Waals surface area contributed by atoms with Crippen molar-refractivity contribution < 1.29 is 43.1 Å². The summed E-state index contributed by atoms with van der Waals surface area (Å²) >= 11 is 0. The molecule has 0 spiro atoms. The second-order valence-electron chi connectivity index (χ2n) is 13.3. The average molecular weight is 633 g/mol. The summed E-state index contributed by atoms with van der Waals surface area (Å²) in [5.74, 6) is -2.68. The number of rotatable bonds is 9. The highest BCUT2D eigenvalue weighted by atomic mass is 19.1. The van der Waals surface area contributed by atoms with Crippen molar-refractivity contribution in [2.24, 2.45) is 5.92 Å². The Morgan fingerprint density at radius 1 is 1.09 bits per heavy atom. The van der Waals surface area contributed by atoms with Crippen LogP contribution in [0.3, 0.4) is 0 Å². The van der Waals surface area contributed by atoms with E-state index >= 15 is 0 Å². The van der Waals surface area contributed by atoms with E-state index in [1.165, 1.54) is 15.9 Å². The lowest BCUT2D eigenvalue weighted by Crippen LogP contribution is -2.58. The van der Waals surface area contributed by atoms with Crippen LogP contribution < -0.4 is 10.6 Å². The molecule has 0 radical (unpaired) electrons. The Morgan fingerprint density at radius 2 is 1.80 bits per heavy atom. The molecule has 0 aromatic heterocycles. The maximum Gasteiger partial charge on any atom is 0.475 e. The van der Waals surface area contributed by atoms with Crippen LogP contribution in [0.4, 0.5) is 14.0 Å². The fourth-order valence-corrected chi connectivity index (χ4v) is 6.45. The van der Waals surface area contributed by atoms with Crippen molar-refractivity contribution in [2.75, 3.05) is 6.54 Å². The van der Waals surface area contributed by atoms with E-state index in [1.807, 2.05) is 6.92 Å². The Labute approximate surface area is 264 Å². The summed E-state index contributed by atoms with van der Waals surface area (Å²) in [7, 11) is -1.81. The predicted molar refractivity (Wildman–Crippen MR) is 163 cm³/mol. The third kappa shape index (κ3) is 8.87. The Bertz CT molecular complexity index is 1240. The molecule has 45 heavy (non-hydrogen) atoms. The maximum absolute atomic E-state index is 14.3. The number of carbonyl (C=O) groups excluding carboxylic acids is 4. The van der Waals surface area contributed by atoms with Gasteiger partial charge in [-0.05, 0) is 57.6 Å². The first kappa shape index (κ1) is 34.5. The second-order valence-corrected chi connectivity index (χ2v) is 13.3. The molecule has 4 N–H and O–H groups in total. The molecule has 14 heteroatoms. The van der Waals surface area contributed by atoms with Gasteiger partial charge in [0.1, 0.15) is 29.6 Å². The molecule has 1 aromatic carbocycles. The Balaban J connectivity index is 1.55. The van der Waals surface area contributed by atoms with Gasteiger partial charge in [-0.2, -0.15) is 0 Å². The van der Waals surface area contributed by atoms with Crippen molar-refractivity contribution in [1.82, 2.24) is 20.4 Å². The van der Waals surface area contributed by atoms with Gasteiger partial charge in [-0.15, -0.1) is 0 Å². The van der Waals surface area contributed by atoms with Crippen molar-refractivity contribution >= 4 is 31.1 Å². The number of amides is 4. The molecule has 3 aliphatic rings. The van der Waals surface area contributed by atoms with Crippen LogP contribution in [0.1, 0.15) is 90.2 Å². The van der Waals surface area contributed by atoms with Crippen LogP contribution >= 0.6 is 0 Å². The zero-order valence-corrected chi connectivity index (χ0v) is 26.6. The zero-order chi connectivity index (χ0) is 32.9. The molecule has 1 saturated carbocycles. The molecule has 1 saturated heterocycles. The lowest BCUT2D eigenvalue weighted by Gasteiger charge is -2.35. The molecular weight excluding hydrogens is 586 g/mol. The lowest BCUT2D eigenvalue weighted by molar-refractivity contribution is -0.141. The third-order valence-electron chi connectivity index (χ3n) is 8.65. The van der Waals surface area contributed by atoms with E-state index in [-0.39, 0.29) is 32.0 Å². The molecule has 4 amide bonds. The van der Waals surface area contributed by atoms with E-state index < -0.39 is 66.7 Å². The van der Waals surface area contributed by atoms with E-state index in [0.29, 0.717) is 36.8 Å². The summed E-state index contributed by atoms with van der Waals surface area (Å²) in [6.07, 6.45) is 2.71. The van der Waals surface area contributed by atoms with Gasteiger partial charge in [0.05, 0.1) is 19.0 Å². The highest BCUT2D eigenvalue weighted by Crippen LogP contribution is 2.31. The van der Waals surface area contributed by atoms with Gasteiger partial charge < -0.3 is 35.1 Å². The number of fused-ring (bicyclic) bond motifs is 1. The van der Waals surface area contributed by atoms with Crippen LogP contribution in [0.2, 0.25) is 0 Å². The van der Waals surface area contributed by atoms with Crippen molar-refractivity contribution in [3.63, 3.8) is 0 Å². The molecule has 2 heterocycles. The number of hydrogen-bond acceptors (Lipinski definition) is 8. The van der Waals surface area contributed by atoms with Crippen molar-refractivity contribution in [3.8, 4) is 0 Å². The van der Waals surface area contributed by atoms with E-state index in [4.69, 9.17) is 9.47 Å². The normalized spacial score (nSPS) is 21.5. The number of nitrogens with one attached hydrogen (secondary N) is 2. The summed E-state index contributed by atoms with van der Waals surface area (Å²) < 4.78 is 25.5. The fraction of sp³-hybridized carbons (Fsp3) is 0.677. The zero-order valence-electron chi connectivity index (χ0n) is 26.6. The Hall–Kier alpha value is -3.39. The summed E-state index contributed by atoms with van der Waals surface area (Å²) in [4.78, 5) is 56.6. The first-order valence-electron chi connectivity index (χ1n) is 16.0. The Morgan fingerprint density at radius 3 is 2.42 bits per heavy atom. The minimum absolute atomic E-state index is 0.0385. The molecule has 1 aliphatic carbocycles. The number of benzene rings is 1. The SMILES string of the molecule is CCC[C@H](NC(=O)[C@@H]1C[C@@H](OC(=O)N2Cc3cccc(F)c3C2)CN1C(=O)[C@@H](NC(=O)OC(C)(C)C)C1CCCCC1)B(O)O. The summed E-state index contributed by atoms with van der Waals surface area (Å²) in [5, 5.41) is 25.1. The number of ether oxygens (including phenoxy) is 2. The average Bonchev–Trinajstić information content (AvgIpc) is 3.60. The predicted octanol–water partition coefficient (Wildman–Crippen LogP) is 3.02. The molecule has 12 nitrogen and oxygen atoms in total. The summed E-state index contributed by atoms with van der Waals surface area (Å²) in [6, 6.07) is 2.58. The van der Waals surface area contributed by atoms with Gasteiger partial charge in [0, 0.05) is 18.5 Å². The fourth-order valence-electron chi connectivity index (χ4n) is 6.45. The summed E-state index contributed by atoms with van der Waals surface area (Å²) in [5.41, 5.74) is 0.306. The number of hydrogen-bond donors (Lipinski definition) is 4. The van der Waals surface area contributed by atoms with Crippen LogP contribution in [-0.2, 0) is 32.2 Å². The number of nitrogens with zero attached hydrogens (tertiary/aromatic N) is 2. The molecule has 0 bridgehead atoms. The number of halogens is 1. The first-order valence-corrected chi connectivity index (χ1v) is 16.0. The smallest absolute Gasteiger partial charge is 0.444 e. The Kier molecular flexibility index (Phi) is 11.3. The van der Waals surface area contributed by atoms with Crippen molar-refractivity contribution in [2.45, 2.75) is 122 Å². The van der Waals surface area contributed by atoms with Gasteiger partial charge >= 0.3 is 19.3 Å². The van der Waals surface area contributed by atoms with E-state index in [2.05, 4.69) is 10.6 Å². The molecule has 4 rings (SSSR count).